The molecule has 0 aliphatic heterocycles. The molecule has 0 radical (unpaired) electrons. The first-order valence-corrected chi connectivity index (χ1v) is 8.60. The molecule has 3 N–H and O–H groups in total. The quantitative estimate of drug-likeness (QED) is 0.534. The van der Waals surface area contributed by atoms with Crippen molar-refractivity contribution in [2.24, 2.45) is 5.84 Å². The second-order valence-electron chi connectivity index (χ2n) is 4.77. The Labute approximate surface area is 116 Å². The molecule has 0 saturated heterocycles. The summed E-state index contributed by atoms with van der Waals surface area (Å²) in [5.41, 5.74) is 4.06. The third kappa shape index (κ3) is 6.71. The lowest BCUT2D eigenvalue weighted by atomic mass is 10.0. The first-order valence-electron chi connectivity index (χ1n) is 6.78. The van der Waals surface area contributed by atoms with E-state index < -0.39 is 9.84 Å². The first-order chi connectivity index (χ1) is 9.07. The van der Waals surface area contributed by atoms with Gasteiger partial charge in [-0.15, -0.1) is 0 Å². The van der Waals surface area contributed by atoms with Crippen molar-refractivity contribution in [3.8, 4) is 0 Å². The van der Waals surface area contributed by atoms with E-state index in [4.69, 9.17) is 5.84 Å². The summed E-state index contributed by atoms with van der Waals surface area (Å²) >= 11 is 0. The fourth-order valence-corrected chi connectivity index (χ4v) is 2.89. The average molecular weight is 284 g/mol. The van der Waals surface area contributed by atoms with Crippen LogP contribution in [-0.2, 0) is 16.3 Å². The molecule has 1 rings (SSSR count). The van der Waals surface area contributed by atoms with Gasteiger partial charge < -0.3 is 0 Å². The van der Waals surface area contributed by atoms with Gasteiger partial charge in [0.05, 0.1) is 5.75 Å². The molecule has 4 nitrogen and oxygen atoms in total. The average Bonchev–Trinajstić information content (AvgIpc) is 2.43. The monoisotopic (exact) mass is 284 g/mol. The van der Waals surface area contributed by atoms with Gasteiger partial charge in [-0.2, -0.15) is 0 Å². The maximum Gasteiger partial charge on any atom is 0.150 e. The van der Waals surface area contributed by atoms with E-state index in [2.05, 4.69) is 17.6 Å². The second-order valence-corrected chi connectivity index (χ2v) is 7.24. The second kappa shape index (κ2) is 8.30. The molecule has 1 atom stereocenters. The Morgan fingerprint density at radius 1 is 1.21 bits per heavy atom. The van der Waals surface area contributed by atoms with Gasteiger partial charge in [-0.3, -0.25) is 11.3 Å². The molecule has 0 aromatic heterocycles. The van der Waals surface area contributed by atoms with Crippen LogP contribution in [0.2, 0.25) is 0 Å². The molecule has 0 heterocycles. The van der Waals surface area contributed by atoms with Crippen LogP contribution in [0, 0.1) is 0 Å². The van der Waals surface area contributed by atoms with Gasteiger partial charge in [-0.25, -0.2) is 8.42 Å². The first kappa shape index (κ1) is 16.1. The molecule has 0 spiro atoms. The molecule has 0 fully saturated rings. The minimum absolute atomic E-state index is 0.173. The molecule has 5 heteroatoms. The normalized spacial score (nSPS) is 13.4. The van der Waals surface area contributed by atoms with E-state index in [9.17, 15) is 8.42 Å². The van der Waals surface area contributed by atoms with Gasteiger partial charge >= 0.3 is 0 Å². The number of nitrogens with two attached hydrogens (primary N) is 1. The zero-order valence-corrected chi connectivity index (χ0v) is 12.3. The SMILES string of the molecule is CCS(=O)(=O)CCCC(CCc1ccccc1)NN. The van der Waals surface area contributed by atoms with Crippen LogP contribution in [0.3, 0.4) is 0 Å². The third-order valence-electron chi connectivity index (χ3n) is 3.31. The number of hydrogen-bond acceptors (Lipinski definition) is 4. The zero-order chi connectivity index (χ0) is 14.1. The summed E-state index contributed by atoms with van der Waals surface area (Å²) in [4.78, 5) is 0. The van der Waals surface area contributed by atoms with E-state index in [1.165, 1.54) is 5.56 Å². The van der Waals surface area contributed by atoms with Crippen molar-refractivity contribution in [2.75, 3.05) is 11.5 Å². The fourth-order valence-electron chi connectivity index (χ4n) is 1.99. The highest BCUT2D eigenvalue weighted by Gasteiger charge is 2.11. The number of sulfone groups is 1. The van der Waals surface area contributed by atoms with Crippen molar-refractivity contribution in [2.45, 2.75) is 38.6 Å². The highest BCUT2D eigenvalue weighted by Crippen LogP contribution is 2.09. The van der Waals surface area contributed by atoms with E-state index in [1.54, 1.807) is 6.92 Å². The predicted octanol–water partition coefficient (Wildman–Crippen LogP) is 1.67. The third-order valence-corrected chi connectivity index (χ3v) is 5.10. The molecule has 0 aliphatic carbocycles. The van der Waals surface area contributed by atoms with Crippen LogP contribution in [0.1, 0.15) is 31.7 Å². The highest BCUT2D eigenvalue weighted by molar-refractivity contribution is 7.91. The molecule has 0 bridgehead atoms. The van der Waals surface area contributed by atoms with Gasteiger partial charge in [0.25, 0.3) is 0 Å². The van der Waals surface area contributed by atoms with Crippen molar-refractivity contribution in [3.05, 3.63) is 35.9 Å². The number of rotatable bonds is 9. The van der Waals surface area contributed by atoms with Gasteiger partial charge in [-0.05, 0) is 31.2 Å². The highest BCUT2D eigenvalue weighted by atomic mass is 32.2. The Bertz CT molecular complexity index is 446. The molecule has 1 aromatic carbocycles. The van der Waals surface area contributed by atoms with Gasteiger partial charge in [-0.1, -0.05) is 37.3 Å². The van der Waals surface area contributed by atoms with Crippen molar-refractivity contribution >= 4 is 9.84 Å². The van der Waals surface area contributed by atoms with E-state index in [0.29, 0.717) is 6.42 Å². The molecule has 1 unspecified atom stereocenters. The Kier molecular flexibility index (Phi) is 7.05. The molecule has 108 valence electrons. The number of nitrogens with one attached hydrogen (secondary N) is 1. The van der Waals surface area contributed by atoms with Gasteiger partial charge in [0.15, 0.2) is 0 Å². The van der Waals surface area contributed by atoms with E-state index in [0.717, 1.165) is 19.3 Å². The Hall–Kier alpha value is -0.910. The van der Waals surface area contributed by atoms with Crippen LogP contribution in [0.25, 0.3) is 0 Å². The van der Waals surface area contributed by atoms with E-state index >= 15 is 0 Å². The molecular weight excluding hydrogens is 260 g/mol. The predicted molar refractivity (Wildman–Crippen MR) is 79.4 cm³/mol. The van der Waals surface area contributed by atoms with Crippen LogP contribution < -0.4 is 11.3 Å². The number of hydrogen-bond donors (Lipinski definition) is 2. The van der Waals surface area contributed by atoms with Gasteiger partial charge in [0.2, 0.25) is 0 Å². The summed E-state index contributed by atoms with van der Waals surface area (Å²) in [6, 6.07) is 10.4. The summed E-state index contributed by atoms with van der Waals surface area (Å²) < 4.78 is 22.8. The Morgan fingerprint density at radius 3 is 2.47 bits per heavy atom. The van der Waals surface area contributed by atoms with Crippen molar-refractivity contribution in [3.63, 3.8) is 0 Å². The maximum atomic E-state index is 11.4. The summed E-state index contributed by atoms with van der Waals surface area (Å²) in [6.07, 6.45) is 3.34. The van der Waals surface area contributed by atoms with Crippen LogP contribution in [-0.4, -0.2) is 26.0 Å². The molecule has 19 heavy (non-hydrogen) atoms. The van der Waals surface area contributed by atoms with Gasteiger partial charge in [0, 0.05) is 11.8 Å². The molecule has 0 saturated carbocycles. The fraction of sp³-hybridized carbons (Fsp3) is 0.571. The van der Waals surface area contributed by atoms with Gasteiger partial charge in [0.1, 0.15) is 9.84 Å². The summed E-state index contributed by atoms with van der Waals surface area (Å²) in [5, 5.41) is 0. The van der Waals surface area contributed by atoms with E-state index in [1.807, 2.05) is 18.2 Å². The van der Waals surface area contributed by atoms with Crippen LogP contribution in [0.15, 0.2) is 30.3 Å². The molecule has 1 aromatic rings. The number of hydrazine groups is 1. The van der Waals surface area contributed by atoms with E-state index in [-0.39, 0.29) is 17.5 Å². The van der Waals surface area contributed by atoms with Crippen LogP contribution in [0.5, 0.6) is 0 Å². The lowest BCUT2D eigenvalue weighted by Gasteiger charge is -2.15. The molecule has 0 amide bonds. The standard InChI is InChI=1S/C14H24N2O2S/c1-2-19(17,18)12-6-9-14(16-15)11-10-13-7-4-3-5-8-13/h3-5,7-8,14,16H,2,6,9-12,15H2,1H3. The van der Waals surface area contributed by atoms with Crippen molar-refractivity contribution < 1.29 is 8.42 Å². The molecular formula is C14H24N2O2S. The lowest BCUT2D eigenvalue weighted by Crippen LogP contribution is -2.35. The zero-order valence-electron chi connectivity index (χ0n) is 11.5. The topological polar surface area (TPSA) is 72.2 Å². The Balaban J connectivity index is 2.30. The van der Waals surface area contributed by atoms with Crippen molar-refractivity contribution in [1.29, 1.82) is 0 Å². The molecule has 0 aliphatic rings. The number of benzene rings is 1. The summed E-state index contributed by atoms with van der Waals surface area (Å²) in [6.45, 7) is 1.68. The largest absolute Gasteiger partial charge is 0.271 e. The lowest BCUT2D eigenvalue weighted by molar-refractivity contribution is 0.458. The minimum atomic E-state index is -2.86. The van der Waals surface area contributed by atoms with Crippen molar-refractivity contribution in [1.82, 2.24) is 5.43 Å². The van der Waals surface area contributed by atoms with Crippen LogP contribution in [0.4, 0.5) is 0 Å². The minimum Gasteiger partial charge on any atom is -0.271 e. The Morgan fingerprint density at radius 2 is 1.89 bits per heavy atom. The smallest absolute Gasteiger partial charge is 0.150 e. The number of aryl methyl sites for hydroxylation is 1. The maximum absolute atomic E-state index is 11.4. The summed E-state index contributed by atoms with van der Waals surface area (Å²) in [7, 11) is -2.86. The van der Waals surface area contributed by atoms with Crippen LogP contribution >= 0.6 is 0 Å². The summed E-state index contributed by atoms with van der Waals surface area (Å²) in [5.74, 6) is 6.00.